The number of halogens is 1. The maximum atomic E-state index is 12.2. The van der Waals surface area contributed by atoms with Gasteiger partial charge in [-0.05, 0) is 28.6 Å². The van der Waals surface area contributed by atoms with Gasteiger partial charge in [0.15, 0.2) is 0 Å². The first-order valence-corrected chi connectivity index (χ1v) is 9.89. The second-order valence-corrected chi connectivity index (χ2v) is 8.78. The molecule has 0 radical (unpaired) electrons. The number of nitrogens with zero attached hydrogens (tertiary/aromatic N) is 5. The van der Waals surface area contributed by atoms with Crippen molar-refractivity contribution in [2.24, 2.45) is 7.05 Å². The second kappa shape index (κ2) is 8.13. The second-order valence-electron chi connectivity index (χ2n) is 5.16. The number of tetrazole rings is 1. The van der Waals surface area contributed by atoms with Gasteiger partial charge >= 0.3 is 0 Å². The summed E-state index contributed by atoms with van der Waals surface area (Å²) in [5.41, 5.74) is 0.250. The number of aromatic nitrogens is 4. The molecule has 1 heterocycles. The van der Waals surface area contributed by atoms with Crippen molar-refractivity contribution >= 4 is 45.0 Å². The number of anilines is 1. The van der Waals surface area contributed by atoms with Crippen LogP contribution in [0.1, 0.15) is 6.42 Å². The lowest BCUT2D eigenvalue weighted by Crippen LogP contribution is -2.22. The number of hydrogen-bond acceptors (Lipinski definition) is 7. The molecule has 1 aromatic carbocycles. The van der Waals surface area contributed by atoms with Crippen LogP contribution >= 0.6 is 23.4 Å². The van der Waals surface area contributed by atoms with Gasteiger partial charge in [-0.2, -0.15) is 0 Å². The van der Waals surface area contributed by atoms with Crippen LogP contribution in [0.4, 0.5) is 5.69 Å². The highest BCUT2D eigenvalue weighted by Crippen LogP contribution is 2.26. The van der Waals surface area contributed by atoms with E-state index < -0.39 is 10.0 Å². The Morgan fingerprint density at radius 3 is 2.72 bits per heavy atom. The lowest BCUT2D eigenvalue weighted by molar-refractivity contribution is -0.115. The van der Waals surface area contributed by atoms with E-state index in [-0.39, 0.29) is 27.9 Å². The molecule has 0 aliphatic heterocycles. The minimum Gasteiger partial charge on any atom is -0.325 e. The van der Waals surface area contributed by atoms with Crippen LogP contribution < -0.4 is 5.32 Å². The Bertz CT molecular complexity index is 868. The monoisotopic (exact) mass is 404 g/mol. The predicted octanol–water partition coefficient (Wildman–Crippen LogP) is 1.23. The number of benzene rings is 1. The fraction of sp³-hybridized carbons (Fsp3) is 0.385. The Morgan fingerprint density at radius 2 is 2.12 bits per heavy atom. The van der Waals surface area contributed by atoms with E-state index in [9.17, 15) is 13.2 Å². The summed E-state index contributed by atoms with van der Waals surface area (Å²) in [6.45, 7) is 0. The highest BCUT2D eigenvalue weighted by atomic mass is 35.5. The molecule has 1 aromatic heterocycles. The summed E-state index contributed by atoms with van der Waals surface area (Å²) in [7, 11) is 0.961. The number of sulfonamides is 1. The molecule has 136 valence electrons. The van der Waals surface area contributed by atoms with Crippen LogP contribution in [0.5, 0.6) is 0 Å². The van der Waals surface area contributed by atoms with E-state index in [2.05, 4.69) is 20.8 Å². The summed E-state index contributed by atoms with van der Waals surface area (Å²) < 4.78 is 26.9. The Kier molecular flexibility index (Phi) is 6.38. The normalized spacial score (nSPS) is 11.7. The third-order valence-electron chi connectivity index (χ3n) is 3.13. The molecule has 0 saturated heterocycles. The number of carbonyl (C=O) groups excluding carboxylic acids is 1. The third kappa shape index (κ3) is 4.91. The molecular formula is C13H17ClN6O3S2. The summed E-state index contributed by atoms with van der Waals surface area (Å²) in [5, 5.41) is 14.5. The van der Waals surface area contributed by atoms with Gasteiger partial charge in [0.1, 0.15) is 0 Å². The molecular weight excluding hydrogens is 388 g/mol. The molecule has 25 heavy (non-hydrogen) atoms. The van der Waals surface area contributed by atoms with Crippen LogP contribution in [0.2, 0.25) is 5.02 Å². The van der Waals surface area contributed by atoms with Crippen molar-refractivity contribution < 1.29 is 13.2 Å². The average Bonchev–Trinajstić information content (AvgIpc) is 2.94. The van der Waals surface area contributed by atoms with Crippen LogP contribution in [0.15, 0.2) is 28.3 Å². The van der Waals surface area contributed by atoms with E-state index in [1.807, 2.05) is 0 Å². The minimum atomic E-state index is -3.61. The molecule has 0 saturated carbocycles. The maximum absolute atomic E-state index is 12.2. The van der Waals surface area contributed by atoms with Crippen LogP contribution in [0, 0.1) is 0 Å². The molecule has 0 atom stereocenters. The summed E-state index contributed by atoms with van der Waals surface area (Å²) in [5.74, 6) is 0.178. The Balaban J connectivity index is 2.01. The Hall–Kier alpha value is -1.69. The van der Waals surface area contributed by atoms with Gasteiger partial charge in [0.25, 0.3) is 0 Å². The first-order chi connectivity index (χ1) is 11.7. The number of aryl methyl sites for hydroxylation is 1. The van der Waals surface area contributed by atoms with Crippen molar-refractivity contribution in [3.63, 3.8) is 0 Å². The molecule has 0 spiro atoms. The van der Waals surface area contributed by atoms with Gasteiger partial charge in [0.05, 0.1) is 15.6 Å². The molecule has 0 aliphatic rings. The number of thioether (sulfide) groups is 1. The van der Waals surface area contributed by atoms with Gasteiger partial charge in [-0.15, -0.1) is 5.10 Å². The van der Waals surface area contributed by atoms with Gasteiger partial charge in [-0.3, -0.25) is 4.79 Å². The summed E-state index contributed by atoms with van der Waals surface area (Å²) >= 11 is 7.39. The van der Waals surface area contributed by atoms with E-state index in [4.69, 9.17) is 11.6 Å². The fourth-order valence-electron chi connectivity index (χ4n) is 1.76. The standard InChI is InChI=1S/C13H17ClN6O3S2/c1-19(2)25(22,23)9-4-5-10(14)11(8-9)15-12(21)6-7-24-13-16-17-18-20(13)3/h4-5,8H,6-7H2,1-3H3,(H,15,21). The average molecular weight is 405 g/mol. The van der Waals surface area contributed by atoms with Gasteiger partial charge in [0, 0.05) is 33.3 Å². The number of carbonyl (C=O) groups is 1. The van der Waals surface area contributed by atoms with Crippen molar-refractivity contribution in [1.29, 1.82) is 0 Å². The molecule has 1 N–H and O–H groups in total. The molecule has 12 heteroatoms. The zero-order valence-electron chi connectivity index (χ0n) is 13.8. The van der Waals surface area contributed by atoms with Gasteiger partial charge in [0.2, 0.25) is 21.1 Å². The van der Waals surface area contributed by atoms with Crippen LogP contribution in [0.3, 0.4) is 0 Å². The summed E-state index contributed by atoms with van der Waals surface area (Å²) in [4.78, 5) is 12.1. The smallest absolute Gasteiger partial charge is 0.242 e. The number of amides is 1. The van der Waals surface area contributed by atoms with E-state index in [0.717, 1.165) is 4.31 Å². The maximum Gasteiger partial charge on any atom is 0.242 e. The highest BCUT2D eigenvalue weighted by Gasteiger charge is 2.19. The van der Waals surface area contributed by atoms with Gasteiger partial charge < -0.3 is 5.32 Å². The molecule has 9 nitrogen and oxygen atoms in total. The SMILES string of the molecule is CN(C)S(=O)(=O)c1ccc(Cl)c(NC(=O)CCSc2nnnn2C)c1. The topological polar surface area (TPSA) is 110 Å². The lowest BCUT2D eigenvalue weighted by Gasteiger charge is -2.13. The van der Waals surface area contributed by atoms with Crippen molar-refractivity contribution in [2.45, 2.75) is 16.5 Å². The molecule has 0 bridgehead atoms. The first-order valence-electron chi connectivity index (χ1n) is 7.09. The summed E-state index contributed by atoms with van der Waals surface area (Å²) in [6.07, 6.45) is 0.193. The Morgan fingerprint density at radius 1 is 1.40 bits per heavy atom. The van der Waals surface area contributed by atoms with Crippen molar-refractivity contribution in [3.05, 3.63) is 23.2 Å². The van der Waals surface area contributed by atoms with E-state index >= 15 is 0 Å². The number of rotatable bonds is 7. The van der Waals surface area contributed by atoms with Gasteiger partial charge in [-0.1, -0.05) is 23.4 Å². The van der Waals surface area contributed by atoms with Crippen molar-refractivity contribution in [2.75, 3.05) is 25.2 Å². The highest BCUT2D eigenvalue weighted by molar-refractivity contribution is 7.99. The molecule has 0 unspecified atom stereocenters. The quantitative estimate of drug-likeness (QED) is 0.691. The zero-order valence-corrected chi connectivity index (χ0v) is 16.2. The molecule has 2 rings (SSSR count). The molecule has 2 aromatic rings. The van der Waals surface area contributed by atoms with Crippen molar-refractivity contribution in [3.8, 4) is 0 Å². The molecule has 1 amide bonds. The predicted molar refractivity (Wildman–Crippen MR) is 95.1 cm³/mol. The van der Waals surface area contributed by atoms with Gasteiger partial charge in [-0.25, -0.2) is 17.4 Å². The molecule has 0 aliphatic carbocycles. The molecule has 0 fully saturated rings. The minimum absolute atomic E-state index is 0.0525. The Labute approximate surface area is 154 Å². The first kappa shape index (κ1) is 19.6. The van der Waals surface area contributed by atoms with Crippen LogP contribution in [-0.2, 0) is 21.9 Å². The summed E-state index contributed by atoms with van der Waals surface area (Å²) in [6, 6.07) is 4.17. The van der Waals surface area contributed by atoms with E-state index in [1.165, 1.54) is 48.7 Å². The third-order valence-corrected chi connectivity index (χ3v) is 6.29. The zero-order chi connectivity index (χ0) is 18.6. The number of hydrogen-bond donors (Lipinski definition) is 1. The van der Waals surface area contributed by atoms with Crippen LogP contribution in [-0.4, -0.2) is 58.7 Å². The van der Waals surface area contributed by atoms with Crippen LogP contribution in [0.25, 0.3) is 0 Å². The fourth-order valence-corrected chi connectivity index (χ4v) is 3.64. The number of nitrogens with one attached hydrogen (secondary N) is 1. The lowest BCUT2D eigenvalue weighted by atomic mass is 10.3. The van der Waals surface area contributed by atoms with Crippen molar-refractivity contribution in [1.82, 2.24) is 24.5 Å². The largest absolute Gasteiger partial charge is 0.325 e. The van der Waals surface area contributed by atoms with E-state index in [1.54, 1.807) is 7.05 Å². The van der Waals surface area contributed by atoms with E-state index in [0.29, 0.717) is 10.9 Å².